The number of nitrogens with zero attached hydrogens (tertiary/aromatic N) is 2. The highest BCUT2D eigenvalue weighted by Gasteiger charge is 1.89. The van der Waals surface area contributed by atoms with Crippen molar-refractivity contribution in [2.75, 3.05) is 11.9 Å². The van der Waals surface area contributed by atoms with Gasteiger partial charge in [0.1, 0.15) is 6.20 Å². The summed E-state index contributed by atoms with van der Waals surface area (Å²) in [5.74, 6) is 0.737. The highest BCUT2D eigenvalue weighted by molar-refractivity contribution is 5.27. The smallest absolute Gasteiger partial charge is 0.154 e. The molecule has 11 heavy (non-hydrogen) atoms. The van der Waals surface area contributed by atoms with Crippen molar-refractivity contribution in [3.63, 3.8) is 0 Å². The van der Waals surface area contributed by atoms with Gasteiger partial charge in [0, 0.05) is 18.9 Å². The molecular weight excluding hydrogens is 138 g/mol. The minimum atomic E-state index is 0.737. The van der Waals surface area contributed by atoms with Crippen molar-refractivity contribution in [2.45, 2.75) is 19.8 Å². The van der Waals surface area contributed by atoms with Gasteiger partial charge in [-0.3, -0.25) is 0 Å². The fourth-order valence-corrected chi connectivity index (χ4v) is 0.737. The van der Waals surface area contributed by atoms with Gasteiger partial charge in [-0.25, -0.2) is 9.97 Å². The molecule has 1 N–H and O–H groups in total. The molecule has 0 saturated heterocycles. The Morgan fingerprint density at radius 1 is 1.55 bits per heavy atom. The van der Waals surface area contributed by atoms with Crippen LogP contribution >= 0.6 is 0 Å². The number of hydrogen-bond acceptors (Lipinski definition) is 3. The lowest BCUT2D eigenvalue weighted by Crippen LogP contribution is -2.02. The summed E-state index contributed by atoms with van der Waals surface area (Å²) >= 11 is 0. The first-order chi connectivity index (χ1) is 5.43. The van der Waals surface area contributed by atoms with Gasteiger partial charge in [0.15, 0.2) is 5.82 Å². The fourth-order valence-electron chi connectivity index (χ4n) is 0.737. The van der Waals surface area contributed by atoms with Crippen LogP contribution in [0, 0.1) is 6.20 Å². The van der Waals surface area contributed by atoms with Crippen LogP contribution in [0.25, 0.3) is 0 Å². The molecule has 0 spiro atoms. The largest absolute Gasteiger partial charge is 0.368 e. The second-order valence-corrected chi connectivity index (χ2v) is 2.30. The second kappa shape index (κ2) is 4.66. The molecule has 0 aliphatic carbocycles. The van der Waals surface area contributed by atoms with E-state index in [0.29, 0.717) is 0 Å². The summed E-state index contributed by atoms with van der Waals surface area (Å²) in [6.45, 7) is 3.10. The number of rotatable bonds is 4. The molecule has 0 aliphatic rings. The molecule has 0 amide bonds. The van der Waals surface area contributed by atoms with E-state index in [-0.39, 0.29) is 0 Å². The third-order valence-electron chi connectivity index (χ3n) is 1.34. The van der Waals surface area contributed by atoms with Gasteiger partial charge >= 0.3 is 0 Å². The van der Waals surface area contributed by atoms with Crippen LogP contribution in [0.2, 0.25) is 0 Å². The maximum absolute atomic E-state index is 4.02. The first-order valence-corrected chi connectivity index (χ1v) is 3.86. The molecule has 3 nitrogen and oxygen atoms in total. The molecule has 0 fully saturated rings. The molecule has 1 radical (unpaired) electrons. The maximum atomic E-state index is 4.02. The minimum absolute atomic E-state index is 0.737. The Bertz CT molecular complexity index is 186. The minimum Gasteiger partial charge on any atom is -0.368 e. The SMILES string of the molecule is CCCCNc1[c]nccn1. The fraction of sp³-hybridized carbons (Fsp3) is 0.500. The van der Waals surface area contributed by atoms with Gasteiger partial charge in [-0.2, -0.15) is 0 Å². The Balaban J connectivity index is 2.28. The lowest BCUT2D eigenvalue weighted by Gasteiger charge is -2.00. The van der Waals surface area contributed by atoms with E-state index in [4.69, 9.17) is 0 Å². The molecule has 0 unspecified atom stereocenters. The van der Waals surface area contributed by atoms with Crippen LogP contribution in [0.4, 0.5) is 5.82 Å². The summed E-state index contributed by atoms with van der Waals surface area (Å²) < 4.78 is 0. The van der Waals surface area contributed by atoms with Crippen LogP contribution in [0.3, 0.4) is 0 Å². The monoisotopic (exact) mass is 150 g/mol. The molecule has 1 heterocycles. The Kier molecular flexibility index (Phi) is 3.38. The van der Waals surface area contributed by atoms with E-state index in [9.17, 15) is 0 Å². The Morgan fingerprint density at radius 2 is 2.45 bits per heavy atom. The van der Waals surface area contributed by atoms with E-state index >= 15 is 0 Å². The zero-order valence-electron chi connectivity index (χ0n) is 6.67. The van der Waals surface area contributed by atoms with Crippen molar-refractivity contribution in [3.05, 3.63) is 18.6 Å². The molecule has 59 valence electrons. The number of aromatic nitrogens is 2. The van der Waals surface area contributed by atoms with Crippen LogP contribution in [0.5, 0.6) is 0 Å². The zero-order valence-corrected chi connectivity index (χ0v) is 6.67. The van der Waals surface area contributed by atoms with E-state index < -0.39 is 0 Å². The van der Waals surface area contributed by atoms with Crippen molar-refractivity contribution in [3.8, 4) is 0 Å². The average Bonchev–Trinajstić information content (AvgIpc) is 2.07. The third-order valence-corrected chi connectivity index (χ3v) is 1.34. The van der Waals surface area contributed by atoms with E-state index in [2.05, 4.69) is 28.4 Å². The molecule has 0 saturated carbocycles. The zero-order chi connectivity index (χ0) is 7.94. The highest BCUT2D eigenvalue weighted by Crippen LogP contribution is 1.96. The molecule has 0 aliphatic heterocycles. The summed E-state index contributed by atoms with van der Waals surface area (Å²) in [5, 5.41) is 3.12. The maximum Gasteiger partial charge on any atom is 0.154 e. The predicted molar refractivity (Wildman–Crippen MR) is 44.3 cm³/mol. The molecular formula is C8H12N3. The van der Waals surface area contributed by atoms with Gasteiger partial charge in [-0.1, -0.05) is 13.3 Å². The van der Waals surface area contributed by atoms with Crippen molar-refractivity contribution < 1.29 is 0 Å². The molecule has 0 aromatic carbocycles. The second-order valence-electron chi connectivity index (χ2n) is 2.30. The lowest BCUT2D eigenvalue weighted by atomic mass is 10.3. The predicted octanol–water partition coefficient (Wildman–Crippen LogP) is 1.49. The van der Waals surface area contributed by atoms with Crippen molar-refractivity contribution in [1.82, 2.24) is 9.97 Å². The van der Waals surface area contributed by atoms with Gasteiger partial charge in [0.2, 0.25) is 0 Å². The molecule has 1 aromatic heterocycles. The Hall–Kier alpha value is -1.12. The molecule has 0 bridgehead atoms. The summed E-state index contributed by atoms with van der Waals surface area (Å²) in [5.41, 5.74) is 0. The van der Waals surface area contributed by atoms with Crippen LogP contribution in [-0.4, -0.2) is 16.5 Å². The van der Waals surface area contributed by atoms with Crippen LogP contribution in [-0.2, 0) is 0 Å². The number of anilines is 1. The highest BCUT2D eigenvalue weighted by atomic mass is 15.0. The van der Waals surface area contributed by atoms with Crippen LogP contribution in [0.1, 0.15) is 19.8 Å². The Labute approximate surface area is 66.9 Å². The number of nitrogens with one attached hydrogen (secondary N) is 1. The number of hydrogen-bond donors (Lipinski definition) is 1. The number of unbranched alkanes of at least 4 members (excludes halogenated alkanes) is 1. The van der Waals surface area contributed by atoms with E-state index in [1.165, 1.54) is 6.42 Å². The van der Waals surface area contributed by atoms with Crippen LogP contribution in [0.15, 0.2) is 12.4 Å². The molecule has 0 atom stereocenters. The van der Waals surface area contributed by atoms with Gasteiger partial charge in [0.25, 0.3) is 0 Å². The van der Waals surface area contributed by atoms with Gasteiger partial charge < -0.3 is 5.32 Å². The summed E-state index contributed by atoms with van der Waals surface area (Å²) in [6, 6.07) is 0. The van der Waals surface area contributed by atoms with E-state index in [0.717, 1.165) is 18.8 Å². The average molecular weight is 150 g/mol. The standard InChI is InChI=1S/C8H12N3/c1-2-3-4-10-8-7-9-5-6-11-8/h5-6H,2-4H2,1H3,(H,10,11). The topological polar surface area (TPSA) is 37.8 Å². The third kappa shape index (κ3) is 2.98. The van der Waals surface area contributed by atoms with Crippen molar-refractivity contribution in [2.24, 2.45) is 0 Å². The van der Waals surface area contributed by atoms with E-state index in [1.54, 1.807) is 12.4 Å². The summed E-state index contributed by atoms with van der Waals surface area (Å²) in [7, 11) is 0. The van der Waals surface area contributed by atoms with Crippen molar-refractivity contribution >= 4 is 5.82 Å². The quantitative estimate of drug-likeness (QED) is 0.661. The summed E-state index contributed by atoms with van der Waals surface area (Å²) in [4.78, 5) is 7.83. The first-order valence-electron chi connectivity index (χ1n) is 3.86. The lowest BCUT2D eigenvalue weighted by molar-refractivity contribution is 0.830. The summed E-state index contributed by atoms with van der Waals surface area (Å²) in [6.07, 6.45) is 8.37. The molecule has 3 heteroatoms. The van der Waals surface area contributed by atoms with E-state index in [1.807, 2.05) is 0 Å². The van der Waals surface area contributed by atoms with Gasteiger partial charge in [0.05, 0.1) is 0 Å². The van der Waals surface area contributed by atoms with Gasteiger partial charge in [-0.05, 0) is 6.42 Å². The first kappa shape index (κ1) is 7.98. The molecule has 1 aromatic rings. The molecule has 1 rings (SSSR count). The van der Waals surface area contributed by atoms with Gasteiger partial charge in [-0.15, -0.1) is 0 Å². The normalized spacial score (nSPS) is 9.55. The Morgan fingerprint density at radius 3 is 3.09 bits per heavy atom. The van der Waals surface area contributed by atoms with Crippen molar-refractivity contribution in [1.29, 1.82) is 0 Å². The van der Waals surface area contributed by atoms with Crippen LogP contribution < -0.4 is 5.32 Å².